The van der Waals surface area contributed by atoms with E-state index >= 15 is 0 Å². The van der Waals surface area contributed by atoms with Gasteiger partial charge in [0.1, 0.15) is 0 Å². The zero-order valence-electron chi connectivity index (χ0n) is 9.94. The van der Waals surface area contributed by atoms with Crippen LogP contribution in [0.5, 0.6) is 5.88 Å². The molecule has 1 atom stereocenters. The molecule has 0 saturated carbocycles. The Morgan fingerprint density at radius 1 is 1.44 bits per heavy atom. The first-order valence-electron chi connectivity index (χ1n) is 5.73. The van der Waals surface area contributed by atoms with E-state index in [1.165, 1.54) is 12.8 Å². The molecule has 2 rings (SSSR count). The van der Waals surface area contributed by atoms with Crippen LogP contribution in [0.15, 0.2) is 12.1 Å². The number of anilines is 1. The van der Waals surface area contributed by atoms with E-state index in [0.29, 0.717) is 17.6 Å². The van der Waals surface area contributed by atoms with Crippen molar-refractivity contribution in [2.24, 2.45) is 0 Å². The van der Waals surface area contributed by atoms with Crippen LogP contribution < -0.4 is 10.5 Å². The molecule has 0 bridgehead atoms. The van der Waals surface area contributed by atoms with Crippen LogP contribution in [0.4, 0.5) is 5.69 Å². The predicted octanol–water partition coefficient (Wildman–Crippen LogP) is 1.83. The standard InChI is InChI=1S/C12H19N3O/c1-15-8-4-3-5-11(15)10-7-6-9(13)12(14-10)16-2/h6-7,11H,3-5,8,13H2,1-2H3. The van der Waals surface area contributed by atoms with Gasteiger partial charge in [-0.3, -0.25) is 4.90 Å². The molecule has 2 N–H and O–H groups in total. The summed E-state index contributed by atoms with van der Waals surface area (Å²) in [6, 6.07) is 4.29. The first-order chi connectivity index (χ1) is 7.72. The average Bonchev–Trinajstić information content (AvgIpc) is 2.31. The van der Waals surface area contributed by atoms with Gasteiger partial charge < -0.3 is 10.5 Å². The first kappa shape index (κ1) is 11.2. The summed E-state index contributed by atoms with van der Waals surface area (Å²) in [5.41, 5.74) is 7.43. The van der Waals surface area contributed by atoms with Gasteiger partial charge >= 0.3 is 0 Å². The molecule has 0 spiro atoms. The SMILES string of the molecule is COc1nc(C2CCCCN2C)ccc1N. The van der Waals surface area contributed by atoms with Gasteiger partial charge in [0.25, 0.3) is 0 Å². The van der Waals surface area contributed by atoms with Crippen LogP contribution in [0.1, 0.15) is 31.0 Å². The molecule has 0 amide bonds. The third-order valence-corrected chi connectivity index (χ3v) is 3.22. The number of nitrogen functional groups attached to an aromatic ring is 1. The summed E-state index contributed by atoms with van der Waals surface area (Å²) in [6.07, 6.45) is 3.71. The molecule has 0 aliphatic carbocycles. The number of pyridine rings is 1. The lowest BCUT2D eigenvalue weighted by Crippen LogP contribution is -2.30. The van der Waals surface area contributed by atoms with Gasteiger partial charge in [-0.1, -0.05) is 6.42 Å². The molecule has 16 heavy (non-hydrogen) atoms. The number of likely N-dealkylation sites (tertiary alicyclic amines) is 1. The molecule has 0 radical (unpaired) electrons. The number of aromatic nitrogens is 1. The molecule has 1 aromatic heterocycles. The van der Waals surface area contributed by atoms with Gasteiger partial charge in [0.05, 0.1) is 24.5 Å². The first-order valence-corrected chi connectivity index (χ1v) is 5.73. The number of ether oxygens (including phenoxy) is 1. The number of piperidine rings is 1. The minimum Gasteiger partial charge on any atom is -0.480 e. The fraction of sp³-hybridized carbons (Fsp3) is 0.583. The Balaban J connectivity index is 2.25. The molecule has 0 aromatic carbocycles. The third kappa shape index (κ3) is 2.11. The Bertz CT molecular complexity index is 367. The van der Waals surface area contributed by atoms with E-state index in [9.17, 15) is 0 Å². The smallest absolute Gasteiger partial charge is 0.237 e. The van der Waals surface area contributed by atoms with Gasteiger partial charge in [-0.25, -0.2) is 4.98 Å². The summed E-state index contributed by atoms with van der Waals surface area (Å²) < 4.78 is 5.16. The lowest BCUT2D eigenvalue weighted by atomic mass is 9.99. The van der Waals surface area contributed by atoms with Gasteiger partial charge in [0, 0.05) is 0 Å². The Hall–Kier alpha value is -1.29. The lowest BCUT2D eigenvalue weighted by molar-refractivity contribution is 0.183. The van der Waals surface area contributed by atoms with E-state index < -0.39 is 0 Å². The topological polar surface area (TPSA) is 51.4 Å². The number of hydrogen-bond acceptors (Lipinski definition) is 4. The molecular formula is C12H19N3O. The highest BCUT2D eigenvalue weighted by atomic mass is 16.5. The highest BCUT2D eigenvalue weighted by Crippen LogP contribution is 2.30. The quantitative estimate of drug-likeness (QED) is 0.827. The van der Waals surface area contributed by atoms with E-state index in [2.05, 4.69) is 16.9 Å². The second-order valence-corrected chi connectivity index (χ2v) is 4.33. The second-order valence-electron chi connectivity index (χ2n) is 4.33. The molecule has 1 aliphatic heterocycles. The zero-order chi connectivity index (χ0) is 11.5. The van der Waals surface area contributed by atoms with Crippen molar-refractivity contribution in [1.29, 1.82) is 0 Å². The van der Waals surface area contributed by atoms with Crippen LogP contribution in [0.25, 0.3) is 0 Å². The van der Waals surface area contributed by atoms with Gasteiger partial charge in [-0.2, -0.15) is 0 Å². The van der Waals surface area contributed by atoms with Crippen LogP contribution >= 0.6 is 0 Å². The van der Waals surface area contributed by atoms with Crippen molar-refractivity contribution in [1.82, 2.24) is 9.88 Å². The summed E-state index contributed by atoms with van der Waals surface area (Å²) in [5, 5.41) is 0. The minimum atomic E-state index is 0.406. The number of rotatable bonds is 2. The van der Waals surface area contributed by atoms with Gasteiger partial charge in [0.2, 0.25) is 5.88 Å². The normalized spacial score (nSPS) is 22.0. The molecule has 4 heteroatoms. The van der Waals surface area contributed by atoms with Crippen molar-refractivity contribution in [3.8, 4) is 5.88 Å². The maximum atomic E-state index is 5.76. The van der Waals surface area contributed by atoms with Crippen molar-refractivity contribution in [2.45, 2.75) is 25.3 Å². The summed E-state index contributed by atoms with van der Waals surface area (Å²) in [7, 11) is 3.75. The van der Waals surface area contributed by atoms with Gasteiger partial charge in [0.15, 0.2) is 0 Å². The molecule has 2 heterocycles. The van der Waals surface area contributed by atoms with Crippen LogP contribution in [0.2, 0.25) is 0 Å². The number of methoxy groups -OCH3 is 1. The van der Waals surface area contributed by atoms with Gasteiger partial charge in [-0.15, -0.1) is 0 Å². The highest BCUT2D eigenvalue weighted by molar-refractivity contribution is 5.48. The second kappa shape index (κ2) is 4.70. The minimum absolute atomic E-state index is 0.406. The highest BCUT2D eigenvalue weighted by Gasteiger charge is 2.22. The molecular weight excluding hydrogens is 202 g/mol. The fourth-order valence-corrected chi connectivity index (χ4v) is 2.26. The summed E-state index contributed by atoms with van der Waals surface area (Å²) >= 11 is 0. The third-order valence-electron chi connectivity index (χ3n) is 3.22. The molecule has 1 aliphatic rings. The van der Waals surface area contributed by atoms with E-state index in [-0.39, 0.29) is 0 Å². The van der Waals surface area contributed by atoms with E-state index in [1.54, 1.807) is 7.11 Å². The predicted molar refractivity (Wildman–Crippen MR) is 64.4 cm³/mol. The Morgan fingerprint density at radius 3 is 2.94 bits per heavy atom. The number of nitrogens with two attached hydrogens (primary N) is 1. The van der Waals surface area contributed by atoms with E-state index in [1.807, 2.05) is 12.1 Å². The van der Waals surface area contributed by atoms with Crippen molar-refractivity contribution in [3.63, 3.8) is 0 Å². The molecule has 4 nitrogen and oxygen atoms in total. The Kier molecular flexibility index (Phi) is 3.29. The maximum absolute atomic E-state index is 5.76. The maximum Gasteiger partial charge on any atom is 0.237 e. The fourth-order valence-electron chi connectivity index (χ4n) is 2.26. The molecule has 1 saturated heterocycles. The number of nitrogens with zero attached hydrogens (tertiary/aromatic N) is 2. The van der Waals surface area contributed by atoms with Crippen LogP contribution in [-0.4, -0.2) is 30.6 Å². The summed E-state index contributed by atoms with van der Waals surface area (Å²) in [4.78, 5) is 6.82. The molecule has 1 fully saturated rings. The zero-order valence-corrected chi connectivity index (χ0v) is 9.94. The van der Waals surface area contributed by atoms with Crippen LogP contribution in [0.3, 0.4) is 0 Å². The van der Waals surface area contributed by atoms with Crippen molar-refractivity contribution < 1.29 is 4.74 Å². The summed E-state index contributed by atoms with van der Waals surface area (Å²) in [6.45, 7) is 1.14. The molecule has 1 unspecified atom stereocenters. The monoisotopic (exact) mass is 221 g/mol. The molecule has 88 valence electrons. The van der Waals surface area contributed by atoms with Gasteiger partial charge in [-0.05, 0) is 38.6 Å². The Morgan fingerprint density at radius 2 is 2.25 bits per heavy atom. The van der Waals surface area contributed by atoms with Crippen LogP contribution in [-0.2, 0) is 0 Å². The average molecular weight is 221 g/mol. The van der Waals surface area contributed by atoms with Crippen molar-refractivity contribution in [2.75, 3.05) is 26.4 Å². The van der Waals surface area contributed by atoms with E-state index in [0.717, 1.165) is 18.7 Å². The number of hydrogen-bond donors (Lipinski definition) is 1. The van der Waals surface area contributed by atoms with Crippen LogP contribution in [0, 0.1) is 0 Å². The lowest BCUT2D eigenvalue weighted by Gasteiger charge is -2.32. The summed E-state index contributed by atoms with van der Waals surface area (Å²) in [5.74, 6) is 0.538. The Labute approximate surface area is 96.4 Å². The van der Waals surface area contributed by atoms with Crippen molar-refractivity contribution >= 4 is 5.69 Å². The largest absolute Gasteiger partial charge is 0.480 e. The molecule has 1 aromatic rings. The van der Waals surface area contributed by atoms with E-state index in [4.69, 9.17) is 10.5 Å². The van der Waals surface area contributed by atoms with Crippen molar-refractivity contribution in [3.05, 3.63) is 17.8 Å².